The van der Waals surface area contributed by atoms with Crippen molar-refractivity contribution in [3.05, 3.63) is 113 Å². The summed E-state index contributed by atoms with van der Waals surface area (Å²) in [5.41, 5.74) is 9.04. The van der Waals surface area contributed by atoms with Crippen LogP contribution in [0.15, 0.2) is 85.6 Å². The van der Waals surface area contributed by atoms with Crippen LogP contribution in [0, 0.1) is 0 Å². The summed E-state index contributed by atoms with van der Waals surface area (Å²) in [6, 6.07) is 17.4. The van der Waals surface area contributed by atoms with Crippen molar-refractivity contribution in [1.82, 2.24) is 19.9 Å². The molecule has 1 atom stereocenters. The number of pyridine rings is 2. The van der Waals surface area contributed by atoms with E-state index in [1.54, 1.807) is 24.7 Å². The summed E-state index contributed by atoms with van der Waals surface area (Å²) in [4.78, 5) is 17.7. The second kappa shape index (κ2) is 8.15. The maximum Gasteiger partial charge on any atom is 0.139 e. The third-order valence-corrected chi connectivity index (χ3v) is 4.84. The van der Waals surface area contributed by atoms with Crippen molar-refractivity contribution < 1.29 is 0 Å². The molecule has 2 N–H and O–H groups in total. The molecule has 1 unspecified atom stereocenters. The molecule has 6 heteroatoms. The Bertz CT molecular complexity index is 971. The first-order valence-corrected chi connectivity index (χ1v) is 9.24. The van der Waals surface area contributed by atoms with E-state index in [1.807, 2.05) is 48.8 Å². The highest BCUT2D eigenvalue weighted by Crippen LogP contribution is 2.41. The van der Waals surface area contributed by atoms with E-state index in [2.05, 4.69) is 32.1 Å². The molecule has 0 aliphatic carbocycles. The largest absolute Gasteiger partial charge is 0.384 e. The lowest BCUT2D eigenvalue weighted by molar-refractivity contribution is 0.648. The fraction of sp³-hybridized carbons (Fsp3) is 0.0909. The summed E-state index contributed by atoms with van der Waals surface area (Å²) in [5.74, 6) is 0.728. The van der Waals surface area contributed by atoms with Crippen molar-refractivity contribution in [3.8, 4) is 0 Å². The van der Waals surface area contributed by atoms with Crippen LogP contribution >= 0.6 is 11.6 Å². The number of nitrogens with zero attached hydrogens (tertiary/aromatic N) is 4. The summed E-state index contributed by atoms with van der Waals surface area (Å²) in [7, 11) is 0. The number of rotatable bonds is 5. The van der Waals surface area contributed by atoms with Gasteiger partial charge in [-0.1, -0.05) is 35.9 Å². The Labute approximate surface area is 168 Å². The zero-order valence-electron chi connectivity index (χ0n) is 15.0. The van der Waals surface area contributed by atoms with E-state index in [1.165, 1.54) is 0 Å². The van der Waals surface area contributed by atoms with Gasteiger partial charge in [0.2, 0.25) is 0 Å². The van der Waals surface area contributed by atoms with Crippen LogP contribution in [0.2, 0.25) is 5.02 Å². The number of hydrogen-bond acceptors (Lipinski definition) is 5. The number of hydrogen-bond donors (Lipinski definition) is 1. The third-order valence-electron chi connectivity index (χ3n) is 4.60. The van der Waals surface area contributed by atoms with E-state index >= 15 is 0 Å². The first-order valence-electron chi connectivity index (χ1n) is 8.86. The second-order valence-electron chi connectivity index (χ2n) is 6.42. The number of benzene rings is 1. The van der Waals surface area contributed by atoms with E-state index in [9.17, 15) is 0 Å². The van der Waals surface area contributed by atoms with Crippen molar-refractivity contribution in [3.63, 3.8) is 0 Å². The van der Waals surface area contributed by atoms with Gasteiger partial charge >= 0.3 is 0 Å². The lowest BCUT2D eigenvalue weighted by Gasteiger charge is -2.27. The number of anilines is 1. The molecule has 138 valence electrons. The Morgan fingerprint density at radius 3 is 2.00 bits per heavy atom. The van der Waals surface area contributed by atoms with Crippen molar-refractivity contribution >= 4 is 17.4 Å². The molecule has 0 radical (unpaired) electrons. The average Bonchev–Trinajstić information content (AvgIpc) is 2.73. The molecule has 4 aromatic rings. The fourth-order valence-electron chi connectivity index (χ4n) is 3.43. The smallest absolute Gasteiger partial charge is 0.139 e. The summed E-state index contributed by atoms with van der Waals surface area (Å²) < 4.78 is 0. The fourth-order valence-corrected chi connectivity index (χ4v) is 3.62. The number of nitrogen functional groups attached to an aromatic ring is 1. The first kappa shape index (κ1) is 18.1. The Morgan fingerprint density at radius 2 is 1.43 bits per heavy atom. The molecule has 0 saturated heterocycles. The molecule has 4 rings (SSSR count). The van der Waals surface area contributed by atoms with Gasteiger partial charge in [0.25, 0.3) is 0 Å². The molecule has 0 bridgehead atoms. The van der Waals surface area contributed by atoms with Crippen molar-refractivity contribution in [1.29, 1.82) is 0 Å². The Balaban J connectivity index is 1.96. The third kappa shape index (κ3) is 3.85. The predicted molar refractivity (Wildman–Crippen MR) is 110 cm³/mol. The molecule has 0 saturated carbocycles. The SMILES string of the molecule is Nc1ccnc(C(c2cccc(Cl)c2)C(c2cccnc2)c2cccnc2)n1. The van der Waals surface area contributed by atoms with Gasteiger partial charge in [0.1, 0.15) is 11.6 Å². The van der Waals surface area contributed by atoms with E-state index in [4.69, 9.17) is 17.3 Å². The quantitative estimate of drug-likeness (QED) is 0.546. The van der Waals surface area contributed by atoms with Crippen LogP contribution in [-0.2, 0) is 0 Å². The minimum absolute atomic E-state index is 0.109. The van der Waals surface area contributed by atoms with E-state index < -0.39 is 0 Å². The minimum atomic E-state index is -0.212. The van der Waals surface area contributed by atoms with Gasteiger partial charge in [-0.3, -0.25) is 9.97 Å². The highest BCUT2D eigenvalue weighted by atomic mass is 35.5. The van der Waals surface area contributed by atoms with Gasteiger partial charge in [-0.15, -0.1) is 0 Å². The van der Waals surface area contributed by atoms with Gasteiger partial charge in [-0.05, 0) is 47.0 Å². The van der Waals surface area contributed by atoms with Gasteiger partial charge in [0, 0.05) is 41.9 Å². The lowest BCUT2D eigenvalue weighted by atomic mass is 9.77. The molecule has 0 aliphatic rings. The summed E-state index contributed by atoms with van der Waals surface area (Å²) in [6.45, 7) is 0. The number of halogens is 1. The Morgan fingerprint density at radius 1 is 0.750 bits per heavy atom. The molecule has 3 heterocycles. The molecule has 0 fully saturated rings. The molecule has 0 amide bonds. The zero-order valence-corrected chi connectivity index (χ0v) is 15.7. The van der Waals surface area contributed by atoms with Crippen molar-refractivity contribution in [2.75, 3.05) is 5.73 Å². The molecule has 1 aromatic carbocycles. The molecule has 28 heavy (non-hydrogen) atoms. The predicted octanol–water partition coefficient (Wildman–Crippen LogP) is 4.47. The van der Waals surface area contributed by atoms with Crippen LogP contribution in [-0.4, -0.2) is 19.9 Å². The first-order chi connectivity index (χ1) is 13.7. The summed E-state index contributed by atoms with van der Waals surface area (Å²) >= 11 is 6.31. The van der Waals surface area contributed by atoms with Crippen LogP contribution in [0.3, 0.4) is 0 Å². The number of aromatic nitrogens is 4. The molecule has 3 aromatic heterocycles. The van der Waals surface area contributed by atoms with Crippen LogP contribution in [0.1, 0.15) is 34.4 Å². The molecule has 0 aliphatic heterocycles. The highest BCUT2D eigenvalue weighted by Gasteiger charge is 2.31. The highest BCUT2D eigenvalue weighted by molar-refractivity contribution is 6.30. The van der Waals surface area contributed by atoms with Crippen molar-refractivity contribution in [2.45, 2.75) is 11.8 Å². The Hall–Kier alpha value is -3.31. The average molecular weight is 388 g/mol. The van der Waals surface area contributed by atoms with E-state index in [-0.39, 0.29) is 11.8 Å². The van der Waals surface area contributed by atoms with Gasteiger partial charge in [-0.25, -0.2) is 9.97 Å². The number of nitrogens with two attached hydrogens (primary N) is 1. The van der Waals surface area contributed by atoms with Gasteiger partial charge in [0.05, 0.1) is 5.92 Å². The maximum atomic E-state index is 6.31. The monoisotopic (exact) mass is 387 g/mol. The molecular formula is C22H18ClN5. The van der Waals surface area contributed by atoms with Gasteiger partial charge in [-0.2, -0.15) is 0 Å². The molecule has 0 spiro atoms. The van der Waals surface area contributed by atoms with E-state index in [0.717, 1.165) is 16.7 Å². The normalized spacial score (nSPS) is 12.1. The second-order valence-corrected chi connectivity index (χ2v) is 6.86. The lowest BCUT2D eigenvalue weighted by Crippen LogP contribution is -2.18. The standard InChI is InChI=1S/C22H18ClN5/c23-18-7-1-4-15(12-18)21(22-27-11-8-19(24)28-22)20(16-5-2-9-25-13-16)17-6-3-10-26-14-17/h1-14,20-21H,(H2,24,27,28). The van der Waals surface area contributed by atoms with Gasteiger partial charge < -0.3 is 5.73 Å². The Kier molecular flexibility index (Phi) is 5.26. The molecular weight excluding hydrogens is 370 g/mol. The van der Waals surface area contributed by atoms with Crippen LogP contribution in [0.4, 0.5) is 5.82 Å². The van der Waals surface area contributed by atoms with Crippen molar-refractivity contribution in [2.24, 2.45) is 0 Å². The van der Waals surface area contributed by atoms with Gasteiger partial charge in [0.15, 0.2) is 0 Å². The van der Waals surface area contributed by atoms with Crippen LogP contribution in [0.5, 0.6) is 0 Å². The molecule has 5 nitrogen and oxygen atoms in total. The maximum absolute atomic E-state index is 6.31. The van der Waals surface area contributed by atoms with E-state index in [0.29, 0.717) is 16.7 Å². The van der Waals surface area contributed by atoms with Crippen LogP contribution < -0.4 is 5.73 Å². The minimum Gasteiger partial charge on any atom is -0.384 e. The topological polar surface area (TPSA) is 77.6 Å². The van der Waals surface area contributed by atoms with Crippen LogP contribution in [0.25, 0.3) is 0 Å². The zero-order chi connectivity index (χ0) is 19.3. The summed E-state index contributed by atoms with van der Waals surface area (Å²) in [6.07, 6.45) is 8.92. The summed E-state index contributed by atoms with van der Waals surface area (Å²) in [5, 5.41) is 0.655.